The molecule has 20 heavy (non-hydrogen) atoms. The molecule has 110 valence electrons. The highest BCUT2D eigenvalue weighted by Crippen LogP contribution is 2.16. The van der Waals surface area contributed by atoms with Crippen LogP contribution in [0.15, 0.2) is 22.7 Å². The zero-order valence-electron chi connectivity index (χ0n) is 11.8. The van der Waals surface area contributed by atoms with Crippen LogP contribution in [0, 0.1) is 5.82 Å². The fraction of sp³-hybridized carbons (Fsp3) is 0.429. The Balaban J connectivity index is 2.73. The highest BCUT2D eigenvalue weighted by Gasteiger charge is 2.24. The molecule has 0 spiro atoms. The minimum absolute atomic E-state index is 0.205. The standard InChI is InChI=1S/C14H17BrFNO3/c1-8(12(18)17-14(2,3)4)20-13(19)10-6-5-9(15)7-11(10)16/h5-8H,1-4H3,(H,17,18)/t8-/m0/s1. The van der Waals surface area contributed by atoms with Crippen LogP contribution in [-0.4, -0.2) is 23.5 Å². The van der Waals surface area contributed by atoms with Crippen LogP contribution in [-0.2, 0) is 9.53 Å². The molecule has 0 aliphatic heterocycles. The number of carbonyl (C=O) groups excluding carboxylic acids is 2. The molecular formula is C14H17BrFNO3. The topological polar surface area (TPSA) is 55.4 Å². The van der Waals surface area contributed by atoms with Crippen molar-refractivity contribution in [2.45, 2.75) is 39.3 Å². The lowest BCUT2D eigenvalue weighted by molar-refractivity contribution is -0.130. The number of halogens is 2. The van der Waals surface area contributed by atoms with Crippen LogP contribution in [0.4, 0.5) is 4.39 Å². The molecule has 1 aromatic carbocycles. The van der Waals surface area contributed by atoms with Crippen molar-refractivity contribution in [3.63, 3.8) is 0 Å². The van der Waals surface area contributed by atoms with E-state index in [0.29, 0.717) is 4.47 Å². The minimum atomic E-state index is -0.996. The Morgan fingerprint density at radius 2 is 1.95 bits per heavy atom. The molecule has 0 fully saturated rings. The first-order valence-electron chi connectivity index (χ1n) is 6.08. The predicted octanol–water partition coefficient (Wildman–Crippen LogP) is 3.05. The average Bonchev–Trinajstić information content (AvgIpc) is 2.26. The Kier molecular flexibility index (Phi) is 5.28. The van der Waals surface area contributed by atoms with Crippen LogP contribution < -0.4 is 5.32 Å². The van der Waals surface area contributed by atoms with Crippen molar-refractivity contribution >= 4 is 27.8 Å². The molecule has 0 aliphatic rings. The van der Waals surface area contributed by atoms with Gasteiger partial charge in [-0.15, -0.1) is 0 Å². The third-order valence-electron chi connectivity index (χ3n) is 2.30. The van der Waals surface area contributed by atoms with Gasteiger partial charge in [-0.25, -0.2) is 9.18 Å². The zero-order chi connectivity index (χ0) is 15.5. The second-order valence-electron chi connectivity index (χ2n) is 5.41. The molecule has 4 nitrogen and oxygen atoms in total. The molecule has 0 saturated carbocycles. The largest absolute Gasteiger partial charge is 0.449 e. The van der Waals surface area contributed by atoms with Gasteiger partial charge < -0.3 is 10.1 Å². The minimum Gasteiger partial charge on any atom is -0.449 e. The molecule has 1 N–H and O–H groups in total. The Hall–Kier alpha value is -1.43. The number of nitrogens with one attached hydrogen (secondary N) is 1. The summed E-state index contributed by atoms with van der Waals surface area (Å²) in [7, 11) is 0. The van der Waals surface area contributed by atoms with Crippen LogP contribution in [0.2, 0.25) is 0 Å². The van der Waals surface area contributed by atoms with Crippen LogP contribution in [0.25, 0.3) is 0 Å². The maximum Gasteiger partial charge on any atom is 0.341 e. The van der Waals surface area contributed by atoms with E-state index in [0.717, 1.165) is 6.07 Å². The van der Waals surface area contributed by atoms with Crippen molar-refractivity contribution in [3.8, 4) is 0 Å². The van der Waals surface area contributed by atoms with Crippen LogP contribution in [0.5, 0.6) is 0 Å². The third kappa shape index (κ3) is 4.92. The van der Waals surface area contributed by atoms with E-state index in [9.17, 15) is 14.0 Å². The highest BCUT2D eigenvalue weighted by atomic mass is 79.9. The lowest BCUT2D eigenvalue weighted by Gasteiger charge is -2.23. The molecule has 0 bridgehead atoms. The summed E-state index contributed by atoms with van der Waals surface area (Å²) in [6.45, 7) is 6.88. The van der Waals surface area contributed by atoms with E-state index in [4.69, 9.17) is 4.74 Å². The first-order chi connectivity index (χ1) is 9.10. The van der Waals surface area contributed by atoms with E-state index in [1.54, 1.807) is 0 Å². The molecule has 1 aromatic rings. The van der Waals surface area contributed by atoms with Gasteiger partial charge in [-0.05, 0) is 45.9 Å². The smallest absolute Gasteiger partial charge is 0.341 e. The summed E-state index contributed by atoms with van der Waals surface area (Å²) in [5.41, 5.74) is -0.635. The first-order valence-corrected chi connectivity index (χ1v) is 6.87. The van der Waals surface area contributed by atoms with Gasteiger partial charge in [0.1, 0.15) is 5.82 Å². The molecule has 0 unspecified atom stereocenters. The lowest BCUT2D eigenvalue weighted by atomic mass is 10.1. The van der Waals surface area contributed by atoms with Crippen LogP contribution in [0.1, 0.15) is 38.1 Å². The third-order valence-corrected chi connectivity index (χ3v) is 2.80. The molecule has 0 aromatic heterocycles. The fourth-order valence-corrected chi connectivity index (χ4v) is 1.74. The van der Waals surface area contributed by atoms with Gasteiger partial charge in [0.25, 0.3) is 5.91 Å². The second kappa shape index (κ2) is 6.35. The normalized spacial score (nSPS) is 12.7. The van der Waals surface area contributed by atoms with Gasteiger partial charge in [0.05, 0.1) is 5.56 Å². The summed E-state index contributed by atoms with van der Waals surface area (Å²) < 4.78 is 19.1. The van der Waals surface area contributed by atoms with Gasteiger partial charge in [0, 0.05) is 10.0 Å². The van der Waals surface area contributed by atoms with Gasteiger partial charge in [0.15, 0.2) is 6.10 Å². The molecular weight excluding hydrogens is 329 g/mol. The number of benzene rings is 1. The summed E-state index contributed by atoms with van der Waals surface area (Å²) in [6, 6.07) is 3.99. The summed E-state index contributed by atoms with van der Waals surface area (Å²) in [6.07, 6.45) is -0.996. The maximum absolute atomic E-state index is 13.6. The van der Waals surface area contributed by atoms with E-state index in [2.05, 4.69) is 21.2 Å². The van der Waals surface area contributed by atoms with Crippen LogP contribution in [0.3, 0.4) is 0 Å². The fourth-order valence-electron chi connectivity index (χ4n) is 1.40. The SMILES string of the molecule is C[C@H](OC(=O)c1ccc(Br)cc1F)C(=O)NC(C)(C)C. The Labute approximate surface area is 125 Å². The Morgan fingerprint density at radius 1 is 1.35 bits per heavy atom. The molecule has 0 saturated heterocycles. The van der Waals surface area contributed by atoms with Gasteiger partial charge in [-0.3, -0.25) is 4.79 Å². The summed E-state index contributed by atoms with van der Waals surface area (Å²) in [5, 5.41) is 2.68. The maximum atomic E-state index is 13.6. The summed E-state index contributed by atoms with van der Waals surface area (Å²) in [4.78, 5) is 23.6. The predicted molar refractivity (Wildman–Crippen MR) is 76.9 cm³/mol. The summed E-state index contributed by atoms with van der Waals surface area (Å²) >= 11 is 3.10. The van der Waals surface area contributed by atoms with Crippen molar-refractivity contribution in [1.29, 1.82) is 0 Å². The molecule has 1 rings (SSSR count). The molecule has 6 heteroatoms. The van der Waals surface area contributed by atoms with E-state index >= 15 is 0 Å². The molecule has 1 amide bonds. The van der Waals surface area contributed by atoms with Crippen molar-refractivity contribution in [2.24, 2.45) is 0 Å². The van der Waals surface area contributed by atoms with Gasteiger partial charge in [0.2, 0.25) is 0 Å². The molecule has 0 heterocycles. The van der Waals surface area contributed by atoms with Crippen LogP contribution >= 0.6 is 15.9 Å². The number of rotatable bonds is 3. The average molecular weight is 346 g/mol. The number of esters is 1. The van der Waals surface area contributed by atoms with E-state index in [1.807, 2.05) is 20.8 Å². The zero-order valence-corrected chi connectivity index (χ0v) is 13.4. The number of amides is 1. The van der Waals surface area contributed by atoms with E-state index < -0.39 is 29.3 Å². The van der Waals surface area contributed by atoms with E-state index in [1.165, 1.54) is 19.1 Å². The Bertz CT molecular complexity index is 526. The van der Waals surface area contributed by atoms with Crippen molar-refractivity contribution in [2.75, 3.05) is 0 Å². The lowest BCUT2D eigenvalue weighted by Crippen LogP contribution is -2.46. The molecule has 1 atom stereocenters. The van der Waals surface area contributed by atoms with Gasteiger partial charge in [-0.1, -0.05) is 15.9 Å². The number of hydrogen-bond donors (Lipinski definition) is 1. The van der Waals surface area contributed by atoms with Gasteiger partial charge >= 0.3 is 5.97 Å². The monoisotopic (exact) mass is 345 g/mol. The molecule has 0 radical (unpaired) electrons. The van der Waals surface area contributed by atoms with Crippen molar-refractivity contribution in [3.05, 3.63) is 34.1 Å². The first kappa shape index (κ1) is 16.6. The highest BCUT2D eigenvalue weighted by molar-refractivity contribution is 9.10. The summed E-state index contributed by atoms with van der Waals surface area (Å²) in [5.74, 6) is -2.00. The Morgan fingerprint density at radius 3 is 2.45 bits per heavy atom. The van der Waals surface area contributed by atoms with E-state index in [-0.39, 0.29) is 5.56 Å². The van der Waals surface area contributed by atoms with Gasteiger partial charge in [-0.2, -0.15) is 0 Å². The quantitative estimate of drug-likeness (QED) is 0.856. The second-order valence-corrected chi connectivity index (χ2v) is 6.33. The number of ether oxygens (including phenoxy) is 1. The number of carbonyl (C=O) groups is 2. The van der Waals surface area contributed by atoms with Crippen molar-refractivity contribution in [1.82, 2.24) is 5.32 Å². The van der Waals surface area contributed by atoms with Crippen molar-refractivity contribution < 1.29 is 18.7 Å². The molecule has 0 aliphatic carbocycles. The number of hydrogen-bond acceptors (Lipinski definition) is 3.